The molecule has 4 nitrogen and oxygen atoms in total. The van der Waals surface area contributed by atoms with E-state index >= 15 is 0 Å². The van der Waals surface area contributed by atoms with Gasteiger partial charge in [0.2, 0.25) is 0 Å². The number of nitrogens with zero attached hydrogens (tertiary/aromatic N) is 2. The van der Waals surface area contributed by atoms with Crippen LogP contribution in [0, 0.1) is 11.6 Å². The second kappa shape index (κ2) is 6.99. The molecule has 0 saturated carbocycles. The largest absolute Gasteiger partial charge is 0.405 e. The SMILES string of the molecule is C=C(N=C/C=C\N)c1cc(F)c(N2CCNCC2)cc1F. The number of nitrogens with two attached hydrogens (primary N) is 1. The topological polar surface area (TPSA) is 53.6 Å². The molecule has 0 atom stereocenters. The van der Waals surface area contributed by atoms with Crippen LogP contribution < -0.4 is 16.0 Å². The van der Waals surface area contributed by atoms with Crippen molar-refractivity contribution < 1.29 is 8.78 Å². The van der Waals surface area contributed by atoms with Crippen molar-refractivity contribution in [2.24, 2.45) is 10.7 Å². The molecule has 3 N–H and O–H groups in total. The number of rotatable bonds is 4. The predicted molar refractivity (Wildman–Crippen MR) is 82.3 cm³/mol. The van der Waals surface area contributed by atoms with Crippen LogP contribution in [0.2, 0.25) is 0 Å². The molecular formula is C15H18F2N4. The second-order valence-corrected chi connectivity index (χ2v) is 4.63. The van der Waals surface area contributed by atoms with Gasteiger partial charge in [0.25, 0.3) is 0 Å². The molecular weight excluding hydrogens is 274 g/mol. The zero-order valence-corrected chi connectivity index (χ0v) is 11.6. The average molecular weight is 292 g/mol. The van der Waals surface area contributed by atoms with E-state index in [-0.39, 0.29) is 16.9 Å². The molecule has 2 rings (SSSR count). The Balaban J connectivity index is 2.26. The molecule has 0 spiro atoms. The first-order valence-electron chi connectivity index (χ1n) is 6.68. The minimum atomic E-state index is -0.538. The number of allylic oxidation sites excluding steroid dienone is 1. The van der Waals surface area contributed by atoms with Gasteiger partial charge in [0.1, 0.15) is 11.6 Å². The molecule has 1 aromatic rings. The Kier molecular flexibility index (Phi) is 5.05. The summed E-state index contributed by atoms with van der Waals surface area (Å²) in [6, 6.07) is 2.34. The summed E-state index contributed by atoms with van der Waals surface area (Å²) in [5, 5.41) is 3.17. The van der Waals surface area contributed by atoms with Crippen LogP contribution in [-0.4, -0.2) is 32.4 Å². The standard InChI is InChI=1S/C15H18F2N4/c1-11(20-4-2-3-18)12-9-14(17)15(10-13(12)16)21-7-5-19-6-8-21/h2-4,9-10,19H,1,5-8,18H2/b3-2-,20-4?. The lowest BCUT2D eigenvalue weighted by Crippen LogP contribution is -2.43. The maximum atomic E-state index is 14.2. The zero-order chi connectivity index (χ0) is 15.2. The Labute approximate surface area is 122 Å². The number of hydrogen-bond acceptors (Lipinski definition) is 4. The molecule has 0 aliphatic carbocycles. The van der Waals surface area contributed by atoms with E-state index in [1.807, 2.05) is 4.90 Å². The summed E-state index contributed by atoms with van der Waals surface area (Å²) < 4.78 is 28.4. The molecule has 0 radical (unpaired) electrons. The lowest BCUT2D eigenvalue weighted by atomic mass is 10.1. The van der Waals surface area contributed by atoms with Crippen LogP contribution in [-0.2, 0) is 0 Å². The van der Waals surface area contributed by atoms with Gasteiger partial charge in [-0.3, -0.25) is 4.99 Å². The van der Waals surface area contributed by atoms with Gasteiger partial charge in [-0.05, 0) is 18.3 Å². The van der Waals surface area contributed by atoms with Crippen molar-refractivity contribution in [3.63, 3.8) is 0 Å². The number of nitrogens with one attached hydrogen (secondary N) is 1. The summed E-state index contributed by atoms with van der Waals surface area (Å²) in [5.74, 6) is -1.01. The van der Waals surface area contributed by atoms with Gasteiger partial charge in [0.05, 0.1) is 11.4 Å². The smallest absolute Gasteiger partial charge is 0.147 e. The van der Waals surface area contributed by atoms with Crippen molar-refractivity contribution in [1.29, 1.82) is 0 Å². The lowest BCUT2D eigenvalue weighted by Gasteiger charge is -2.30. The van der Waals surface area contributed by atoms with E-state index in [1.165, 1.54) is 24.6 Å². The van der Waals surface area contributed by atoms with E-state index in [2.05, 4.69) is 16.9 Å². The minimum Gasteiger partial charge on any atom is -0.405 e. The highest BCUT2D eigenvalue weighted by molar-refractivity contribution is 5.79. The summed E-state index contributed by atoms with van der Waals surface area (Å²) in [7, 11) is 0. The van der Waals surface area contributed by atoms with E-state index in [1.54, 1.807) is 0 Å². The number of piperazine rings is 1. The molecule has 1 aromatic carbocycles. The molecule has 0 amide bonds. The molecule has 1 aliphatic rings. The van der Waals surface area contributed by atoms with Crippen LogP contribution in [0.5, 0.6) is 0 Å². The van der Waals surface area contributed by atoms with Crippen molar-refractivity contribution in [2.75, 3.05) is 31.1 Å². The molecule has 1 aliphatic heterocycles. The minimum absolute atomic E-state index is 0.0491. The fraction of sp³-hybridized carbons (Fsp3) is 0.267. The van der Waals surface area contributed by atoms with Crippen molar-refractivity contribution in [1.82, 2.24) is 5.32 Å². The third kappa shape index (κ3) is 3.66. The summed E-state index contributed by atoms with van der Waals surface area (Å²) in [6.45, 7) is 6.45. The summed E-state index contributed by atoms with van der Waals surface area (Å²) >= 11 is 0. The highest BCUT2D eigenvalue weighted by atomic mass is 19.1. The number of halogens is 2. The maximum absolute atomic E-state index is 14.2. The first kappa shape index (κ1) is 15.2. The Morgan fingerprint density at radius 3 is 2.67 bits per heavy atom. The van der Waals surface area contributed by atoms with Crippen LogP contribution in [0.4, 0.5) is 14.5 Å². The van der Waals surface area contributed by atoms with Gasteiger partial charge in [-0.1, -0.05) is 6.58 Å². The highest BCUT2D eigenvalue weighted by Gasteiger charge is 2.18. The molecule has 112 valence electrons. The first-order chi connectivity index (χ1) is 10.1. The fourth-order valence-electron chi connectivity index (χ4n) is 2.16. The summed E-state index contributed by atoms with van der Waals surface area (Å²) in [5.41, 5.74) is 5.64. The second-order valence-electron chi connectivity index (χ2n) is 4.63. The number of aliphatic imine (C=N–C) groups is 1. The first-order valence-corrected chi connectivity index (χ1v) is 6.68. The molecule has 1 saturated heterocycles. The molecule has 1 heterocycles. The maximum Gasteiger partial charge on any atom is 0.147 e. The van der Waals surface area contributed by atoms with Crippen LogP contribution in [0.15, 0.2) is 36.0 Å². The Bertz CT molecular complexity index is 575. The summed E-state index contributed by atoms with van der Waals surface area (Å²) in [6.07, 6.45) is 4.15. The third-order valence-corrected chi connectivity index (χ3v) is 3.23. The summed E-state index contributed by atoms with van der Waals surface area (Å²) in [4.78, 5) is 5.73. The predicted octanol–water partition coefficient (Wildman–Crippen LogP) is 1.89. The molecule has 6 heteroatoms. The number of anilines is 1. The van der Waals surface area contributed by atoms with Gasteiger partial charge < -0.3 is 16.0 Å². The average Bonchev–Trinajstić information content (AvgIpc) is 2.50. The zero-order valence-electron chi connectivity index (χ0n) is 11.6. The quantitative estimate of drug-likeness (QED) is 0.833. The van der Waals surface area contributed by atoms with Crippen molar-refractivity contribution in [3.05, 3.63) is 48.2 Å². The van der Waals surface area contributed by atoms with Crippen molar-refractivity contribution >= 4 is 17.6 Å². The van der Waals surface area contributed by atoms with Crippen LogP contribution in [0.25, 0.3) is 5.70 Å². The van der Waals surface area contributed by atoms with Crippen LogP contribution >= 0.6 is 0 Å². The van der Waals surface area contributed by atoms with Crippen molar-refractivity contribution in [3.8, 4) is 0 Å². The highest BCUT2D eigenvalue weighted by Crippen LogP contribution is 2.27. The molecule has 0 unspecified atom stereocenters. The lowest BCUT2D eigenvalue weighted by molar-refractivity contribution is 0.557. The Morgan fingerprint density at radius 1 is 1.29 bits per heavy atom. The number of benzene rings is 1. The molecule has 1 fully saturated rings. The van der Waals surface area contributed by atoms with Gasteiger partial charge in [-0.2, -0.15) is 0 Å². The Morgan fingerprint density at radius 2 is 2.00 bits per heavy atom. The van der Waals surface area contributed by atoms with Crippen LogP contribution in [0.3, 0.4) is 0 Å². The van der Waals surface area contributed by atoms with Gasteiger partial charge in [-0.25, -0.2) is 8.78 Å². The van der Waals surface area contributed by atoms with E-state index in [0.717, 1.165) is 19.2 Å². The Hall–Kier alpha value is -2.21. The van der Waals surface area contributed by atoms with Crippen molar-refractivity contribution in [2.45, 2.75) is 0 Å². The van der Waals surface area contributed by atoms with Gasteiger partial charge in [-0.15, -0.1) is 0 Å². The van der Waals surface area contributed by atoms with E-state index < -0.39 is 11.6 Å². The van der Waals surface area contributed by atoms with E-state index in [0.29, 0.717) is 13.1 Å². The molecule has 21 heavy (non-hydrogen) atoms. The third-order valence-electron chi connectivity index (χ3n) is 3.23. The van der Waals surface area contributed by atoms with Gasteiger partial charge in [0, 0.05) is 44.0 Å². The monoisotopic (exact) mass is 292 g/mol. The fourth-order valence-corrected chi connectivity index (χ4v) is 2.16. The molecule has 0 aromatic heterocycles. The van der Waals surface area contributed by atoms with E-state index in [9.17, 15) is 8.78 Å². The number of hydrogen-bond donors (Lipinski definition) is 2. The normalized spacial score (nSPS) is 16.0. The van der Waals surface area contributed by atoms with Gasteiger partial charge in [0.15, 0.2) is 0 Å². The molecule has 0 bridgehead atoms. The van der Waals surface area contributed by atoms with Gasteiger partial charge >= 0.3 is 0 Å². The van der Waals surface area contributed by atoms with E-state index in [4.69, 9.17) is 5.73 Å². The van der Waals surface area contributed by atoms with Crippen LogP contribution in [0.1, 0.15) is 5.56 Å².